The van der Waals surface area contributed by atoms with Crippen molar-refractivity contribution in [3.05, 3.63) is 70.4 Å². The van der Waals surface area contributed by atoms with E-state index in [0.717, 1.165) is 17.0 Å². The number of ether oxygens (including phenoxy) is 1. The fourth-order valence-electron chi connectivity index (χ4n) is 2.12. The topological polar surface area (TPSA) is 102 Å². The molecule has 0 spiro atoms. The van der Waals surface area contributed by atoms with Crippen molar-refractivity contribution in [2.75, 3.05) is 18.5 Å². The lowest BCUT2D eigenvalue weighted by Crippen LogP contribution is -2.31. The number of anilines is 1. The zero-order valence-electron chi connectivity index (χ0n) is 15.9. The lowest BCUT2D eigenvalue weighted by atomic mass is 10.2. The molecule has 0 aliphatic carbocycles. The number of aryl methyl sites for hydroxylation is 2. The molecule has 0 aliphatic heterocycles. The second-order valence-corrected chi connectivity index (χ2v) is 7.90. The summed E-state index contributed by atoms with van der Waals surface area (Å²) in [7, 11) is -3.85. The molecule has 2 rings (SSSR count). The number of amides is 1. The number of carbonyl (C=O) groups is 2. The Kier molecular flexibility index (Phi) is 7.63. The average molecular weight is 420 g/mol. The lowest BCUT2D eigenvalue weighted by Gasteiger charge is -2.08. The summed E-state index contributed by atoms with van der Waals surface area (Å²) >= 11 is 0. The molecule has 0 fully saturated rings. The van der Waals surface area contributed by atoms with E-state index in [1.807, 2.05) is 19.1 Å². The van der Waals surface area contributed by atoms with E-state index in [0.29, 0.717) is 11.1 Å². The molecule has 9 heteroatoms. The van der Waals surface area contributed by atoms with Crippen LogP contribution in [0.15, 0.2) is 47.9 Å². The van der Waals surface area contributed by atoms with Gasteiger partial charge in [-0.05, 0) is 43.2 Å². The molecule has 2 N–H and O–H groups in total. The van der Waals surface area contributed by atoms with Gasteiger partial charge >= 0.3 is 5.97 Å². The number of esters is 1. The van der Waals surface area contributed by atoms with Gasteiger partial charge in [-0.1, -0.05) is 35.9 Å². The molecule has 0 aliphatic rings. The molecule has 0 saturated carbocycles. The molecule has 2 aromatic rings. The van der Waals surface area contributed by atoms with Crippen molar-refractivity contribution in [2.45, 2.75) is 13.8 Å². The van der Waals surface area contributed by atoms with E-state index in [9.17, 15) is 22.4 Å². The summed E-state index contributed by atoms with van der Waals surface area (Å²) < 4.78 is 44.0. The Balaban J connectivity index is 1.77. The van der Waals surface area contributed by atoms with Gasteiger partial charge in [0.1, 0.15) is 12.4 Å². The monoisotopic (exact) mass is 420 g/mol. The van der Waals surface area contributed by atoms with Crippen LogP contribution in [-0.2, 0) is 24.3 Å². The molecule has 154 valence electrons. The van der Waals surface area contributed by atoms with Crippen molar-refractivity contribution < 1.29 is 27.1 Å². The number of hydrogen-bond donors (Lipinski definition) is 2. The smallest absolute Gasteiger partial charge is 0.321 e. The van der Waals surface area contributed by atoms with E-state index < -0.39 is 40.9 Å². The summed E-state index contributed by atoms with van der Waals surface area (Å²) in [5.74, 6) is -2.08. The minimum atomic E-state index is -3.85. The summed E-state index contributed by atoms with van der Waals surface area (Å²) in [4.78, 5) is 23.4. The van der Waals surface area contributed by atoms with Crippen molar-refractivity contribution in [3.8, 4) is 0 Å². The quantitative estimate of drug-likeness (QED) is 0.639. The van der Waals surface area contributed by atoms with Gasteiger partial charge < -0.3 is 10.1 Å². The van der Waals surface area contributed by atoms with Crippen molar-refractivity contribution in [2.24, 2.45) is 0 Å². The summed E-state index contributed by atoms with van der Waals surface area (Å²) in [6.45, 7) is 2.23. The van der Waals surface area contributed by atoms with Crippen LogP contribution in [-0.4, -0.2) is 33.4 Å². The van der Waals surface area contributed by atoms with E-state index in [-0.39, 0.29) is 5.69 Å². The predicted octanol–water partition coefficient (Wildman–Crippen LogP) is 2.51. The standard InChI is InChI=1S/C20H21FN2O5S/c1-14-3-6-16(7-4-14)9-10-29(26,27)22-12-20(25)28-13-19(24)23-17-8-5-15(2)18(21)11-17/h3-11,22H,12-13H2,1-2H3,(H,23,24)/b10-9+. The maximum Gasteiger partial charge on any atom is 0.321 e. The van der Waals surface area contributed by atoms with Crippen LogP contribution in [0.3, 0.4) is 0 Å². The molecular weight excluding hydrogens is 399 g/mol. The Morgan fingerprint density at radius 2 is 1.79 bits per heavy atom. The zero-order valence-corrected chi connectivity index (χ0v) is 16.8. The van der Waals surface area contributed by atoms with Gasteiger partial charge in [-0.25, -0.2) is 17.5 Å². The molecular formula is C20H21FN2O5S. The minimum Gasteiger partial charge on any atom is -0.455 e. The molecule has 0 heterocycles. The van der Waals surface area contributed by atoms with Crippen LogP contribution < -0.4 is 10.0 Å². The number of nitrogens with one attached hydrogen (secondary N) is 2. The van der Waals surface area contributed by atoms with Crippen molar-refractivity contribution >= 4 is 33.7 Å². The molecule has 2 aromatic carbocycles. The maximum atomic E-state index is 13.4. The highest BCUT2D eigenvalue weighted by molar-refractivity contribution is 7.92. The Hall–Kier alpha value is -3.04. The number of carbonyl (C=O) groups excluding carboxylic acids is 2. The first-order chi connectivity index (χ1) is 13.6. The third-order valence-electron chi connectivity index (χ3n) is 3.75. The molecule has 29 heavy (non-hydrogen) atoms. The average Bonchev–Trinajstić information content (AvgIpc) is 2.67. The van der Waals surface area contributed by atoms with Crippen LogP contribution in [0.5, 0.6) is 0 Å². The number of rotatable bonds is 8. The summed E-state index contributed by atoms with van der Waals surface area (Å²) in [6.07, 6.45) is 1.39. The summed E-state index contributed by atoms with van der Waals surface area (Å²) in [6, 6.07) is 11.3. The van der Waals surface area contributed by atoms with E-state index in [1.54, 1.807) is 19.1 Å². The highest BCUT2D eigenvalue weighted by atomic mass is 32.2. The van der Waals surface area contributed by atoms with Gasteiger partial charge in [0, 0.05) is 11.1 Å². The van der Waals surface area contributed by atoms with Gasteiger partial charge in [0.25, 0.3) is 5.91 Å². The minimum absolute atomic E-state index is 0.219. The molecule has 1 amide bonds. The van der Waals surface area contributed by atoms with Gasteiger partial charge in [0.2, 0.25) is 10.0 Å². The molecule has 0 unspecified atom stereocenters. The van der Waals surface area contributed by atoms with Crippen molar-refractivity contribution in [1.82, 2.24) is 4.72 Å². The predicted molar refractivity (Wildman–Crippen MR) is 108 cm³/mol. The van der Waals surface area contributed by atoms with Crippen LogP contribution in [0.2, 0.25) is 0 Å². The molecule has 0 saturated heterocycles. The molecule has 0 aromatic heterocycles. The first kappa shape index (κ1) is 22.3. The van der Waals surface area contributed by atoms with Crippen LogP contribution in [0.4, 0.5) is 10.1 Å². The Bertz CT molecular complexity index is 1020. The molecule has 0 bridgehead atoms. The molecule has 0 atom stereocenters. The van der Waals surface area contributed by atoms with Gasteiger partial charge in [0.15, 0.2) is 6.61 Å². The van der Waals surface area contributed by atoms with E-state index in [2.05, 4.69) is 10.0 Å². The third-order valence-corrected chi connectivity index (χ3v) is 4.80. The zero-order chi connectivity index (χ0) is 21.4. The fourth-order valence-corrected chi connectivity index (χ4v) is 2.87. The van der Waals surface area contributed by atoms with Gasteiger partial charge in [-0.3, -0.25) is 9.59 Å². The Morgan fingerprint density at radius 1 is 1.10 bits per heavy atom. The molecule has 7 nitrogen and oxygen atoms in total. The Morgan fingerprint density at radius 3 is 2.45 bits per heavy atom. The van der Waals surface area contributed by atoms with Crippen LogP contribution in [0, 0.1) is 19.7 Å². The van der Waals surface area contributed by atoms with Crippen LogP contribution in [0.1, 0.15) is 16.7 Å². The van der Waals surface area contributed by atoms with Crippen LogP contribution >= 0.6 is 0 Å². The van der Waals surface area contributed by atoms with Gasteiger partial charge in [-0.2, -0.15) is 0 Å². The summed E-state index contributed by atoms with van der Waals surface area (Å²) in [5.41, 5.74) is 2.38. The Labute approximate surface area is 168 Å². The second kappa shape index (κ2) is 9.94. The second-order valence-electron chi connectivity index (χ2n) is 6.25. The number of hydrogen-bond acceptors (Lipinski definition) is 5. The van der Waals surface area contributed by atoms with Crippen LogP contribution in [0.25, 0.3) is 6.08 Å². The first-order valence-electron chi connectivity index (χ1n) is 8.61. The largest absolute Gasteiger partial charge is 0.455 e. The van der Waals surface area contributed by atoms with E-state index in [1.165, 1.54) is 18.2 Å². The first-order valence-corrected chi connectivity index (χ1v) is 10.2. The third kappa shape index (κ3) is 7.84. The number of benzene rings is 2. The highest BCUT2D eigenvalue weighted by Crippen LogP contribution is 2.13. The molecule has 0 radical (unpaired) electrons. The number of sulfonamides is 1. The lowest BCUT2D eigenvalue weighted by molar-refractivity contribution is -0.146. The fraction of sp³-hybridized carbons (Fsp3) is 0.200. The highest BCUT2D eigenvalue weighted by Gasteiger charge is 2.12. The van der Waals surface area contributed by atoms with Crippen molar-refractivity contribution in [3.63, 3.8) is 0 Å². The van der Waals surface area contributed by atoms with Gasteiger partial charge in [0.05, 0.1) is 0 Å². The number of halogens is 1. The van der Waals surface area contributed by atoms with Crippen molar-refractivity contribution in [1.29, 1.82) is 0 Å². The van der Waals surface area contributed by atoms with Gasteiger partial charge in [-0.15, -0.1) is 0 Å². The SMILES string of the molecule is Cc1ccc(/C=C/S(=O)(=O)NCC(=O)OCC(=O)Nc2ccc(C)c(F)c2)cc1. The maximum absolute atomic E-state index is 13.4. The summed E-state index contributed by atoms with van der Waals surface area (Å²) in [5, 5.41) is 3.31. The van der Waals surface area contributed by atoms with E-state index in [4.69, 9.17) is 4.74 Å². The normalized spacial score (nSPS) is 11.4. The van der Waals surface area contributed by atoms with E-state index >= 15 is 0 Å².